The van der Waals surface area contributed by atoms with E-state index in [0.29, 0.717) is 6.54 Å². The average Bonchev–Trinajstić information content (AvgIpc) is 3.19. The molecule has 0 spiro atoms. The van der Waals surface area contributed by atoms with Crippen LogP contribution in [0.25, 0.3) is 0 Å². The van der Waals surface area contributed by atoms with Gasteiger partial charge >= 0.3 is 11.8 Å². The molecule has 0 fully saturated rings. The Kier molecular flexibility index (Phi) is 9.07. The minimum atomic E-state index is -0.995. The van der Waals surface area contributed by atoms with Crippen LogP contribution >= 0.6 is 0 Å². The summed E-state index contributed by atoms with van der Waals surface area (Å²) in [5.74, 6) is 0.454. The first-order chi connectivity index (χ1) is 16.3. The molecule has 0 bridgehead atoms. The lowest BCUT2D eigenvalue weighted by Gasteiger charge is -2.26. The van der Waals surface area contributed by atoms with Crippen molar-refractivity contribution in [2.75, 3.05) is 30.9 Å². The van der Waals surface area contributed by atoms with Crippen LogP contribution in [0.1, 0.15) is 66.1 Å². The Balaban J connectivity index is 2.33. The number of nitrogens with two attached hydrogens (primary N) is 1. The third-order valence-electron chi connectivity index (χ3n) is 5.00. The molecule has 13 nitrogen and oxygen atoms in total. The number of nitrogens with zero attached hydrogens (tertiary/aromatic N) is 4. The number of carbonyl (C=O) groups is 1. The smallest absolute Gasteiger partial charge is 0.408 e. The third kappa shape index (κ3) is 7.57. The maximum atomic E-state index is 12.7. The lowest BCUT2D eigenvalue weighted by Crippen LogP contribution is -2.44. The molecule has 2 rings (SSSR count). The van der Waals surface area contributed by atoms with Gasteiger partial charge in [-0.25, -0.2) is 9.59 Å². The van der Waals surface area contributed by atoms with Crippen molar-refractivity contribution < 1.29 is 18.8 Å². The van der Waals surface area contributed by atoms with Gasteiger partial charge in [0.2, 0.25) is 5.89 Å². The van der Waals surface area contributed by atoms with Gasteiger partial charge in [0.1, 0.15) is 22.6 Å². The summed E-state index contributed by atoms with van der Waals surface area (Å²) in [7, 11) is 1.53. The lowest BCUT2D eigenvalue weighted by atomic mass is 10.1. The second-order valence-corrected chi connectivity index (χ2v) is 9.68. The summed E-state index contributed by atoms with van der Waals surface area (Å²) < 4.78 is 17.2. The molecular weight excluding hydrogens is 458 g/mol. The van der Waals surface area contributed by atoms with E-state index >= 15 is 0 Å². The predicted molar refractivity (Wildman–Crippen MR) is 130 cm³/mol. The molecular formula is C22H37N7O6. The van der Waals surface area contributed by atoms with Crippen molar-refractivity contribution in [1.82, 2.24) is 25.0 Å². The van der Waals surface area contributed by atoms with Crippen LogP contribution in [0.3, 0.4) is 0 Å². The second kappa shape index (κ2) is 11.4. The number of carbonyl (C=O) groups excluding carboxylic acids is 1. The largest absolute Gasteiger partial charge is 0.444 e. The number of rotatable bonds is 11. The first-order valence-corrected chi connectivity index (χ1v) is 11.5. The number of amides is 1. The maximum Gasteiger partial charge on any atom is 0.408 e. The summed E-state index contributed by atoms with van der Waals surface area (Å²) in [4.78, 5) is 45.6. The molecule has 4 N–H and O–H groups in total. The van der Waals surface area contributed by atoms with Crippen LogP contribution in [-0.4, -0.2) is 51.6 Å². The standard InChI is InChI=1S/C22H37N7O6/c1-8-9-10-29-16(23)15(17(30)25-19(29)31)28(11-12-33-7)13-14-24-18(27-35-14)22(5,6)26-20(32)34-21(2,3)4/h8-13,23H2,1-7H3,(H,26,32)(H,25,30,31). The highest BCUT2D eigenvalue weighted by atomic mass is 16.6. The number of hydrogen-bond acceptors (Lipinski definition) is 10. The van der Waals surface area contributed by atoms with E-state index in [1.165, 1.54) is 11.7 Å². The fourth-order valence-corrected chi connectivity index (χ4v) is 3.24. The van der Waals surface area contributed by atoms with Crippen molar-refractivity contribution in [1.29, 1.82) is 0 Å². The molecule has 0 radical (unpaired) electrons. The van der Waals surface area contributed by atoms with Crippen LogP contribution in [0.4, 0.5) is 16.3 Å². The normalized spacial score (nSPS) is 12.0. The zero-order valence-electron chi connectivity index (χ0n) is 21.6. The SMILES string of the molecule is CCCCn1c(N)c(N(CCOC)Cc2nc(C(C)(C)NC(=O)OC(C)(C)C)no2)c(=O)[nH]c1=O. The molecule has 0 aliphatic carbocycles. The number of H-pyrrole nitrogens is 1. The molecule has 0 aliphatic heterocycles. The summed E-state index contributed by atoms with van der Waals surface area (Å²) in [6, 6.07) is 0. The number of nitrogen functional groups attached to an aromatic ring is 1. The van der Waals surface area contributed by atoms with Gasteiger partial charge in [-0.1, -0.05) is 18.5 Å². The first kappa shape index (κ1) is 27.9. The molecule has 13 heteroatoms. The molecule has 0 aromatic carbocycles. The topological polar surface area (TPSA) is 171 Å². The van der Waals surface area contributed by atoms with Crippen LogP contribution in [-0.2, 0) is 28.1 Å². The highest BCUT2D eigenvalue weighted by Crippen LogP contribution is 2.22. The number of hydrogen-bond donors (Lipinski definition) is 3. The summed E-state index contributed by atoms with van der Waals surface area (Å²) >= 11 is 0. The number of nitrogens with one attached hydrogen (secondary N) is 2. The highest BCUT2D eigenvalue weighted by Gasteiger charge is 2.31. The molecule has 1 amide bonds. The van der Waals surface area contributed by atoms with E-state index in [0.717, 1.165) is 12.8 Å². The molecule has 0 atom stereocenters. The number of alkyl carbamates (subject to hydrolysis) is 1. The van der Waals surface area contributed by atoms with Crippen molar-refractivity contribution in [3.63, 3.8) is 0 Å². The number of unbranched alkanes of at least 4 members (excludes halogenated alkanes) is 1. The van der Waals surface area contributed by atoms with E-state index in [9.17, 15) is 14.4 Å². The van der Waals surface area contributed by atoms with Gasteiger partial charge in [0.25, 0.3) is 5.56 Å². The predicted octanol–water partition coefficient (Wildman–Crippen LogP) is 1.71. The summed E-state index contributed by atoms with van der Waals surface area (Å²) in [6.45, 7) is 11.6. The van der Waals surface area contributed by atoms with E-state index in [1.54, 1.807) is 39.5 Å². The van der Waals surface area contributed by atoms with Gasteiger partial charge in [0, 0.05) is 20.2 Å². The van der Waals surface area contributed by atoms with Crippen LogP contribution in [0.15, 0.2) is 14.1 Å². The number of anilines is 2. The summed E-state index contributed by atoms with van der Waals surface area (Å²) in [5, 5.41) is 6.72. The molecule has 0 saturated heterocycles. The Morgan fingerprint density at radius 2 is 1.94 bits per heavy atom. The van der Waals surface area contributed by atoms with E-state index in [2.05, 4.69) is 20.4 Å². The van der Waals surface area contributed by atoms with Crippen molar-refractivity contribution in [3.8, 4) is 0 Å². The second-order valence-electron chi connectivity index (χ2n) is 9.68. The molecule has 0 saturated carbocycles. The van der Waals surface area contributed by atoms with E-state index in [-0.39, 0.29) is 42.9 Å². The van der Waals surface area contributed by atoms with Gasteiger partial charge in [-0.3, -0.25) is 14.3 Å². The molecule has 2 aromatic heterocycles. The van der Waals surface area contributed by atoms with Gasteiger partial charge in [0.15, 0.2) is 5.82 Å². The van der Waals surface area contributed by atoms with Crippen molar-refractivity contribution >= 4 is 17.6 Å². The molecule has 2 aromatic rings. The Morgan fingerprint density at radius 3 is 2.54 bits per heavy atom. The zero-order valence-corrected chi connectivity index (χ0v) is 21.6. The minimum Gasteiger partial charge on any atom is -0.444 e. The summed E-state index contributed by atoms with van der Waals surface area (Å²) in [6.07, 6.45) is 0.954. The summed E-state index contributed by atoms with van der Waals surface area (Å²) in [5.41, 5.74) is 3.54. The fourth-order valence-electron chi connectivity index (χ4n) is 3.24. The maximum absolute atomic E-state index is 12.7. The molecule has 0 aliphatic rings. The van der Waals surface area contributed by atoms with E-state index in [1.807, 2.05) is 6.92 Å². The molecule has 0 unspecified atom stereocenters. The molecule has 2 heterocycles. The molecule has 196 valence electrons. The van der Waals surface area contributed by atoms with Gasteiger partial charge in [0.05, 0.1) is 13.2 Å². The quantitative estimate of drug-likeness (QED) is 0.417. The van der Waals surface area contributed by atoms with Crippen molar-refractivity contribution in [2.45, 2.75) is 78.6 Å². The lowest BCUT2D eigenvalue weighted by molar-refractivity contribution is 0.0465. The Hall–Kier alpha value is -3.35. The Labute approximate surface area is 204 Å². The zero-order chi connectivity index (χ0) is 26.4. The van der Waals surface area contributed by atoms with Crippen LogP contribution in [0.5, 0.6) is 0 Å². The number of aromatic nitrogens is 4. The van der Waals surface area contributed by atoms with Crippen LogP contribution in [0, 0.1) is 0 Å². The molecule has 35 heavy (non-hydrogen) atoms. The van der Waals surface area contributed by atoms with Gasteiger partial charge < -0.3 is 29.9 Å². The van der Waals surface area contributed by atoms with Crippen molar-refractivity contribution in [2.24, 2.45) is 0 Å². The van der Waals surface area contributed by atoms with Crippen LogP contribution < -0.4 is 27.2 Å². The number of methoxy groups -OCH3 is 1. The average molecular weight is 496 g/mol. The Morgan fingerprint density at radius 1 is 1.26 bits per heavy atom. The fraction of sp³-hybridized carbons (Fsp3) is 0.682. The van der Waals surface area contributed by atoms with Gasteiger partial charge in [-0.2, -0.15) is 4.98 Å². The number of ether oxygens (including phenoxy) is 2. The van der Waals surface area contributed by atoms with E-state index in [4.69, 9.17) is 19.7 Å². The van der Waals surface area contributed by atoms with Crippen LogP contribution in [0.2, 0.25) is 0 Å². The first-order valence-electron chi connectivity index (χ1n) is 11.5. The number of aromatic amines is 1. The van der Waals surface area contributed by atoms with Gasteiger partial charge in [-0.05, 0) is 41.0 Å². The van der Waals surface area contributed by atoms with Gasteiger partial charge in [-0.15, -0.1) is 0 Å². The highest BCUT2D eigenvalue weighted by molar-refractivity contribution is 5.68. The Bertz CT molecular complexity index is 1110. The monoisotopic (exact) mass is 495 g/mol. The van der Waals surface area contributed by atoms with E-state index < -0.39 is 28.5 Å². The van der Waals surface area contributed by atoms with Crippen molar-refractivity contribution in [3.05, 3.63) is 32.6 Å². The minimum absolute atomic E-state index is 0.0259. The third-order valence-corrected chi connectivity index (χ3v) is 5.00.